The summed E-state index contributed by atoms with van der Waals surface area (Å²) in [5.41, 5.74) is 1.38. The monoisotopic (exact) mass is 470 g/mol. The maximum absolute atomic E-state index is 4.36. The summed E-state index contributed by atoms with van der Waals surface area (Å²) in [6, 6.07) is 15.4. The minimum atomic E-state index is 0. The van der Waals surface area contributed by atoms with E-state index in [9.17, 15) is 0 Å². The Hall–Kier alpha value is -1.12. The summed E-state index contributed by atoms with van der Waals surface area (Å²) in [5, 5.41) is 9.01. The number of hydrogen-bond donors (Lipinski definition) is 2. The molecule has 1 fully saturated rings. The molecule has 2 N–H and O–H groups in total. The zero-order chi connectivity index (χ0) is 16.6. The highest BCUT2D eigenvalue weighted by molar-refractivity contribution is 14.0. The van der Waals surface area contributed by atoms with Crippen LogP contribution in [0.15, 0.2) is 52.8 Å². The molecule has 0 spiro atoms. The van der Waals surface area contributed by atoms with E-state index in [0.29, 0.717) is 6.04 Å². The van der Waals surface area contributed by atoms with Gasteiger partial charge in [0.2, 0.25) is 0 Å². The number of likely N-dealkylation sites (tertiary alicyclic amines) is 1. The van der Waals surface area contributed by atoms with Gasteiger partial charge in [-0.25, -0.2) is 0 Å². The Bertz CT molecular complexity index is 624. The first-order chi connectivity index (χ1) is 11.9. The molecule has 4 nitrogen and oxygen atoms in total. The second-order valence-electron chi connectivity index (χ2n) is 6.06. The molecule has 136 valence electrons. The third-order valence-electron chi connectivity index (χ3n) is 4.46. The molecule has 1 unspecified atom stereocenters. The van der Waals surface area contributed by atoms with E-state index in [2.05, 4.69) is 68.4 Å². The second-order valence-corrected chi connectivity index (χ2v) is 7.09. The molecule has 0 radical (unpaired) electrons. The Kier molecular flexibility index (Phi) is 8.71. The van der Waals surface area contributed by atoms with E-state index >= 15 is 0 Å². The predicted molar refractivity (Wildman–Crippen MR) is 118 cm³/mol. The molecule has 0 bridgehead atoms. The zero-order valence-electron chi connectivity index (χ0n) is 14.6. The van der Waals surface area contributed by atoms with Gasteiger partial charge in [0.15, 0.2) is 5.96 Å². The van der Waals surface area contributed by atoms with E-state index in [1.165, 1.54) is 36.4 Å². The standard InChI is InChI=1S/C19H26N4S.HI/c1-20-19(21-14-17-10-7-13-24-17)22-15-18(23-11-5-6-12-23)16-8-3-2-4-9-16;/h2-4,7-10,13,18H,5-6,11-12,14-15H2,1H3,(H2,20,21,22);1H. The highest BCUT2D eigenvalue weighted by Crippen LogP contribution is 2.24. The summed E-state index contributed by atoms with van der Waals surface area (Å²) in [5.74, 6) is 0.864. The van der Waals surface area contributed by atoms with E-state index in [1.807, 2.05) is 7.05 Å². The zero-order valence-corrected chi connectivity index (χ0v) is 17.8. The van der Waals surface area contributed by atoms with Gasteiger partial charge in [0, 0.05) is 18.5 Å². The molecule has 2 aromatic rings. The first-order valence-electron chi connectivity index (χ1n) is 8.62. The topological polar surface area (TPSA) is 39.7 Å². The molecular weight excluding hydrogens is 443 g/mol. The fourth-order valence-electron chi connectivity index (χ4n) is 3.18. The smallest absolute Gasteiger partial charge is 0.191 e. The predicted octanol–water partition coefficient (Wildman–Crippen LogP) is 3.87. The van der Waals surface area contributed by atoms with Crippen molar-refractivity contribution in [3.8, 4) is 0 Å². The Morgan fingerprint density at radius 2 is 1.88 bits per heavy atom. The number of thiophene rings is 1. The molecule has 1 aromatic heterocycles. The number of nitrogens with one attached hydrogen (secondary N) is 2. The molecule has 0 aliphatic carbocycles. The lowest BCUT2D eigenvalue weighted by atomic mass is 10.1. The number of halogens is 1. The SMILES string of the molecule is CN=C(NCc1cccs1)NCC(c1ccccc1)N1CCCC1.I. The maximum Gasteiger partial charge on any atom is 0.191 e. The number of rotatable bonds is 6. The summed E-state index contributed by atoms with van der Waals surface area (Å²) < 4.78 is 0. The second kappa shape index (κ2) is 10.8. The van der Waals surface area contributed by atoms with E-state index in [-0.39, 0.29) is 24.0 Å². The van der Waals surface area contributed by atoms with Crippen LogP contribution in [-0.4, -0.2) is 37.5 Å². The summed E-state index contributed by atoms with van der Waals surface area (Å²) in [6.45, 7) is 4.05. The van der Waals surface area contributed by atoms with Crippen molar-refractivity contribution in [2.45, 2.75) is 25.4 Å². The van der Waals surface area contributed by atoms with Crippen LogP contribution in [0.2, 0.25) is 0 Å². The van der Waals surface area contributed by atoms with E-state index in [1.54, 1.807) is 11.3 Å². The van der Waals surface area contributed by atoms with E-state index in [0.717, 1.165) is 19.0 Å². The first kappa shape index (κ1) is 20.2. The lowest BCUT2D eigenvalue weighted by molar-refractivity contribution is 0.245. The number of hydrogen-bond acceptors (Lipinski definition) is 3. The summed E-state index contributed by atoms with van der Waals surface area (Å²) in [7, 11) is 1.83. The van der Waals surface area contributed by atoms with Crippen molar-refractivity contribution < 1.29 is 0 Å². The van der Waals surface area contributed by atoms with Crippen molar-refractivity contribution in [1.29, 1.82) is 0 Å². The van der Waals surface area contributed by atoms with Crippen molar-refractivity contribution in [3.05, 3.63) is 58.3 Å². The first-order valence-corrected chi connectivity index (χ1v) is 9.50. The quantitative estimate of drug-likeness (QED) is 0.383. The van der Waals surface area contributed by atoms with Crippen LogP contribution >= 0.6 is 35.3 Å². The van der Waals surface area contributed by atoms with Crippen LogP contribution < -0.4 is 10.6 Å². The number of benzene rings is 1. The molecule has 0 saturated carbocycles. The van der Waals surface area contributed by atoms with Crippen LogP contribution in [0.3, 0.4) is 0 Å². The van der Waals surface area contributed by atoms with Crippen LogP contribution in [0.4, 0.5) is 0 Å². The van der Waals surface area contributed by atoms with Crippen LogP contribution in [0.1, 0.15) is 29.3 Å². The average molecular weight is 470 g/mol. The van der Waals surface area contributed by atoms with Crippen LogP contribution in [0, 0.1) is 0 Å². The maximum atomic E-state index is 4.36. The summed E-state index contributed by atoms with van der Waals surface area (Å²) in [4.78, 5) is 8.26. The van der Waals surface area contributed by atoms with Gasteiger partial charge in [-0.15, -0.1) is 35.3 Å². The summed E-state index contributed by atoms with van der Waals surface area (Å²) >= 11 is 1.76. The van der Waals surface area contributed by atoms with Crippen molar-refractivity contribution >= 4 is 41.3 Å². The molecule has 1 aliphatic heterocycles. The Morgan fingerprint density at radius 1 is 1.12 bits per heavy atom. The van der Waals surface area contributed by atoms with Crippen LogP contribution in [-0.2, 0) is 6.54 Å². The van der Waals surface area contributed by atoms with Gasteiger partial charge in [0.05, 0.1) is 12.6 Å². The molecule has 1 atom stereocenters. The van der Waals surface area contributed by atoms with Crippen molar-refractivity contribution in [2.75, 3.05) is 26.7 Å². The van der Waals surface area contributed by atoms with E-state index < -0.39 is 0 Å². The molecular formula is C19H27IN4S. The fraction of sp³-hybridized carbons (Fsp3) is 0.421. The number of nitrogens with zero attached hydrogens (tertiary/aromatic N) is 2. The molecule has 3 rings (SSSR count). The lowest BCUT2D eigenvalue weighted by Crippen LogP contribution is -2.42. The highest BCUT2D eigenvalue weighted by atomic mass is 127. The van der Waals surface area contributed by atoms with E-state index in [4.69, 9.17) is 0 Å². The van der Waals surface area contributed by atoms with Crippen LogP contribution in [0.5, 0.6) is 0 Å². The number of aliphatic imine (C=N–C) groups is 1. The van der Waals surface area contributed by atoms with Gasteiger partial charge in [-0.2, -0.15) is 0 Å². The third-order valence-corrected chi connectivity index (χ3v) is 5.34. The van der Waals surface area contributed by atoms with Crippen LogP contribution in [0.25, 0.3) is 0 Å². The van der Waals surface area contributed by atoms with Gasteiger partial charge in [-0.05, 0) is 42.9 Å². The van der Waals surface area contributed by atoms with Gasteiger partial charge >= 0.3 is 0 Å². The normalized spacial score (nSPS) is 16.3. The molecule has 1 aliphatic rings. The molecule has 1 saturated heterocycles. The fourth-order valence-corrected chi connectivity index (χ4v) is 3.83. The van der Waals surface area contributed by atoms with Gasteiger partial charge in [0.1, 0.15) is 0 Å². The largest absolute Gasteiger partial charge is 0.354 e. The molecule has 6 heteroatoms. The van der Waals surface area contributed by atoms with Gasteiger partial charge < -0.3 is 10.6 Å². The molecule has 25 heavy (non-hydrogen) atoms. The Morgan fingerprint density at radius 3 is 2.52 bits per heavy atom. The van der Waals surface area contributed by atoms with Gasteiger partial charge in [0.25, 0.3) is 0 Å². The average Bonchev–Trinajstić information content (AvgIpc) is 3.32. The lowest BCUT2D eigenvalue weighted by Gasteiger charge is -2.28. The minimum Gasteiger partial charge on any atom is -0.354 e. The van der Waals surface area contributed by atoms with Crippen molar-refractivity contribution in [2.24, 2.45) is 4.99 Å². The molecule has 2 heterocycles. The summed E-state index contributed by atoms with van der Waals surface area (Å²) in [6.07, 6.45) is 2.60. The van der Waals surface area contributed by atoms with Crippen molar-refractivity contribution in [3.63, 3.8) is 0 Å². The molecule has 0 amide bonds. The third kappa shape index (κ3) is 5.97. The van der Waals surface area contributed by atoms with Gasteiger partial charge in [-0.3, -0.25) is 9.89 Å². The molecule has 1 aromatic carbocycles. The minimum absolute atomic E-state index is 0. The highest BCUT2D eigenvalue weighted by Gasteiger charge is 2.23. The number of guanidine groups is 1. The Balaban J connectivity index is 0.00000225. The van der Waals surface area contributed by atoms with Gasteiger partial charge in [-0.1, -0.05) is 36.4 Å². The van der Waals surface area contributed by atoms with Crippen molar-refractivity contribution in [1.82, 2.24) is 15.5 Å². The Labute approximate surface area is 171 Å².